The molecule has 0 spiro atoms. The molecule has 3 heteroatoms. The lowest BCUT2D eigenvalue weighted by Crippen LogP contribution is -1.91. The van der Waals surface area contributed by atoms with Crippen molar-refractivity contribution in [1.29, 1.82) is 0 Å². The first-order valence-corrected chi connectivity index (χ1v) is 5.69. The predicted molar refractivity (Wildman–Crippen MR) is 72.8 cm³/mol. The molecule has 0 aromatic heterocycles. The molecule has 0 bridgehead atoms. The second-order valence-electron chi connectivity index (χ2n) is 3.63. The zero-order valence-electron chi connectivity index (χ0n) is 9.99. The van der Waals surface area contributed by atoms with Gasteiger partial charge in [0, 0.05) is 0 Å². The summed E-state index contributed by atoms with van der Waals surface area (Å²) in [6.45, 7) is 4.10. The lowest BCUT2D eigenvalue weighted by Gasteiger charge is -2.02. The van der Waals surface area contributed by atoms with Gasteiger partial charge in [0.15, 0.2) is 0 Å². The minimum absolute atomic E-state index is 0.505. The van der Waals surface area contributed by atoms with E-state index in [0.29, 0.717) is 6.61 Å². The van der Waals surface area contributed by atoms with Crippen molar-refractivity contribution >= 4 is 11.4 Å². The van der Waals surface area contributed by atoms with Crippen molar-refractivity contribution in [3.05, 3.63) is 67.3 Å². The first kappa shape index (κ1) is 12.0. The van der Waals surface area contributed by atoms with Crippen LogP contribution in [0.3, 0.4) is 0 Å². The van der Waals surface area contributed by atoms with E-state index in [0.717, 1.165) is 17.1 Å². The predicted octanol–water partition coefficient (Wildman–Crippen LogP) is 4.67. The summed E-state index contributed by atoms with van der Waals surface area (Å²) in [5.74, 6) is 0.800. The van der Waals surface area contributed by atoms with Gasteiger partial charge in [-0.05, 0) is 36.4 Å². The highest BCUT2D eigenvalue weighted by atomic mass is 16.5. The van der Waals surface area contributed by atoms with Gasteiger partial charge in [-0.2, -0.15) is 10.2 Å². The van der Waals surface area contributed by atoms with Crippen molar-refractivity contribution in [1.82, 2.24) is 0 Å². The van der Waals surface area contributed by atoms with Gasteiger partial charge in [-0.25, -0.2) is 0 Å². The van der Waals surface area contributed by atoms with Gasteiger partial charge >= 0.3 is 0 Å². The van der Waals surface area contributed by atoms with Gasteiger partial charge in [0.25, 0.3) is 0 Å². The number of hydrogen-bond donors (Lipinski definition) is 0. The van der Waals surface area contributed by atoms with E-state index < -0.39 is 0 Å². The Labute approximate surface area is 106 Å². The van der Waals surface area contributed by atoms with Crippen LogP contribution in [0.5, 0.6) is 5.75 Å². The second-order valence-corrected chi connectivity index (χ2v) is 3.63. The molecule has 3 nitrogen and oxygen atoms in total. The first-order valence-electron chi connectivity index (χ1n) is 5.69. The second kappa shape index (κ2) is 6.35. The summed E-state index contributed by atoms with van der Waals surface area (Å²) in [5.41, 5.74) is 1.63. The number of azo groups is 1. The molecule has 2 rings (SSSR count). The molecule has 0 amide bonds. The van der Waals surface area contributed by atoms with Gasteiger partial charge in [-0.3, -0.25) is 0 Å². The molecule has 0 radical (unpaired) electrons. The summed E-state index contributed by atoms with van der Waals surface area (Å²) in [7, 11) is 0. The van der Waals surface area contributed by atoms with Crippen molar-refractivity contribution in [3.8, 4) is 5.75 Å². The smallest absolute Gasteiger partial charge is 0.119 e. The maximum atomic E-state index is 5.38. The number of rotatable bonds is 5. The Kier molecular flexibility index (Phi) is 4.25. The third kappa shape index (κ3) is 3.56. The lowest BCUT2D eigenvalue weighted by atomic mass is 10.3. The van der Waals surface area contributed by atoms with E-state index in [2.05, 4.69) is 16.8 Å². The molecule has 0 aliphatic heterocycles. The van der Waals surface area contributed by atoms with Gasteiger partial charge in [-0.15, -0.1) is 0 Å². The fourth-order valence-electron chi connectivity index (χ4n) is 1.37. The monoisotopic (exact) mass is 238 g/mol. The Morgan fingerprint density at radius 2 is 1.50 bits per heavy atom. The summed E-state index contributed by atoms with van der Waals surface area (Å²) in [5, 5.41) is 8.28. The SMILES string of the molecule is C=CCOc1ccc(N=Nc2ccccc2)cc1. The lowest BCUT2D eigenvalue weighted by molar-refractivity contribution is 0.363. The van der Waals surface area contributed by atoms with Crippen LogP contribution in [-0.4, -0.2) is 6.61 Å². The van der Waals surface area contributed by atoms with Crippen LogP contribution >= 0.6 is 0 Å². The van der Waals surface area contributed by atoms with Crippen molar-refractivity contribution in [2.75, 3.05) is 6.61 Å². The molecule has 0 aliphatic rings. The molecule has 18 heavy (non-hydrogen) atoms. The third-order valence-electron chi connectivity index (χ3n) is 2.24. The minimum atomic E-state index is 0.505. The van der Waals surface area contributed by atoms with Crippen LogP contribution in [0.4, 0.5) is 11.4 Å². The van der Waals surface area contributed by atoms with Crippen molar-refractivity contribution in [2.24, 2.45) is 10.2 Å². The molecule has 0 fully saturated rings. The maximum Gasteiger partial charge on any atom is 0.119 e. The van der Waals surface area contributed by atoms with Crippen LogP contribution in [0, 0.1) is 0 Å². The van der Waals surface area contributed by atoms with Gasteiger partial charge in [-0.1, -0.05) is 30.9 Å². The van der Waals surface area contributed by atoms with Crippen LogP contribution in [0.15, 0.2) is 77.5 Å². The molecule has 90 valence electrons. The third-order valence-corrected chi connectivity index (χ3v) is 2.24. The van der Waals surface area contributed by atoms with Crippen molar-refractivity contribution in [2.45, 2.75) is 0 Å². The number of hydrogen-bond acceptors (Lipinski definition) is 3. The Hall–Kier alpha value is -2.42. The zero-order chi connectivity index (χ0) is 12.6. The Balaban J connectivity index is 2.02. The van der Waals surface area contributed by atoms with Crippen LogP contribution in [0.25, 0.3) is 0 Å². The van der Waals surface area contributed by atoms with E-state index in [4.69, 9.17) is 4.74 Å². The highest BCUT2D eigenvalue weighted by Gasteiger charge is 1.93. The van der Waals surface area contributed by atoms with Crippen molar-refractivity contribution in [3.63, 3.8) is 0 Å². The average Bonchev–Trinajstić information content (AvgIpc) is 2.45. The molecule has 0 aliphatic carbocycles. The summed E-state index contributed by atoms with van der Waals surface area (Å²) < 4.78 is 5.38. The van der Waals surface area contributed by atoms with Gasteiger partial charge in [0.2, 0.25) is 0 Å². The summed E-state index contributed by atoms with van der Waals surface area (Å²) >= 11 is 0. The van der Waals surface area contributed by atoms with E-state index in [-0.39, 0.29) is 0 Å². The normalized spacial score (nSPS) is 10.4. The molecule has 0 unspecified atom stereocenters. The van der Waals surface area contributed by atoms with Crippen molar-refractivity contribution < 1.29 is 4.74 Å². The molecule has 2 aromatic carbocycles. The summed E-state index contributed by atoms with van der Waals surface area (Å²) in [4.78, 5) is 0. The quantitative estimate of drug-likeness (QED) is 0.550. The highest BCUT2D eigenvalue weighted by Crippen LogP contribution is 2.20. The summed E-state index contributed by atoms with van der Waals surface area (Å²) in [6.07, 6.45) is 1.71. The molecule has 0 saturated heterocycles. The topological polar surface area (TPSA) is 34.0 Å². The fourth-order valence-corrected chi connectivity index (χ4v) is 1.37. The van der Waals surface area contributed by atoms with E-state index in [1.54, 1.807) is 6.08 Å². The van der Waals surface area contributed by atoms with Crippen LogP contribution in [0.1, 0.15) is 0 Å². The van der Waals surface area contributed by atoms with Gasteiger partial charge < -0.3 is 4.74 Å². The fraction of sp³-hybridized carbons (Fsp3) is 0.0667. The van der Waals surface area contributed by atoms with Crippen LogP contribution in [-0.2, 0) is 0 Å². The summed E-state index contributed by atoms with van der Waals surface area (Å²) in [6, 6.07) is 17.1. The Morgan fingerprint density at radius 3 is 2.11 bits per heavy atom. The first-order chi connectivity index (χ1) is 8.88. The molecular formula is C15H14N2O. The van der Waals surface area contributed by atoms with E-state index in [1.807, 2.05) is 54.6 Å². The minimum Gasteiger partial charge on any atom is -0.490 e. The van der Waals surface area contributed by atoms with Gasteiger partial charge in [0.1, 0.15) is 12.4 Å². The van der Waals surface area contributed by atoms with E-state index in [1.165, 1.54) is 0 Å². The largest absolute Gasteiger partial charge is 0.490 e. The van der Waals surface area contributed by atoms with E-state index >= 15 is 0 Å². The Bertz CT molecular complexity index is 518. The van der Waals surface area contributed by atoms with Crippen LogP contribution < -0.4 is 4.74 Å². The molecular weight excluding hydrogens is 224 g/mol. The number of nitrogens with zero attached hydrogens (tertiary/aromatic N) is 2. The Morgan fingerprint density at radius 1 is 0.889 bits per heavy atom. The molecule has 2 aromatic rings. The number of ether oxygens (including phenoxy) is 1. The standard InChI is InChI=1S/C15H14N2O/c1-2-12-18-15-10-8-14(9-11-15)17-16-13-6-4-3-5-7-13/h2-11H,1,12H2. The molecule has 0 heterocycles. The zero-order valence-corrected chi connectivity index (χ0v) is 9.99. The molecule has 0 atom stereocenters. The van der Waals surface area contributed by atoms with Crippen LogP contribution in [0.2, 0.25) is 0 Å². The highest BCUT2D eigenvalue weighted by molar-refractivity contribution is 5.42. The van der Waals surface area contributed by atoms with E-state index in [9.17, 15) is 0 Å². The maximum absolute atomic E-state index is 5.38. The number of benzene rings is 2. The average molecular weight is 238 g/mol. The van der Waals surface area contributed by atoms with Gasteiger partial charge in [0.05, 0.1) is 11.4 Å². The molecule has 0 saturated carbocycles. The molecule has 0 N–H and O–H groups in total.